The lowest BCUT2D eigenvalue weighted by molar-refractivity contribution is 0.668. The minimum absolute atomic E-state index is 0.183. The van der Waals surface area contributed by atoms with Crippen molar-refractivity contribution < 1.29 is 0 Å². The van der Waals surface area contributed by atoms with Crippen molar-refractivity contribution in [3.8, 4) is 0 Å². The number of allylic oxidation sites excluding steroid dienone is 1. The number of fused-ring (bicyclic) bond motifs is 1. The van der Waals surface area contributed by atoms with Crippen molar-refractivity contribution in [1.82, 2.24) is 0 Å². The summed E-state index contributed by atoms with van der Waals surface area (Å²) in [7, 11) is 0. The summed E-state index contributed by atoms with van der Waals surface area (Å²) in [4.78, 5) is 14.2. The average molecular weight is 428 g/mol. The number of benzene rings is 1. The van der Waals surface area contributed by atoms with Crippen LogP contribution in [0, 0.1) is 22.7 Å². The highest BCUT2D eigenvalue weighted by Gasteiger charge is 2.55. The lowest BCUT2D eigenvalue weighted by Gasteiger charge is -2.11. The zero-order valence-corrected chi connectivity index (χ0v) is 19.1. The first-order chi connectivity index (χ1) is 15.6. The molecule has 3 fully saturated rings. The quantitative estimate of drug-likeness (QED) is 0.291. The Morgan fingerprint density at radius 1 is 1.22 bits per heavy atom. The van der Waals surface area contributed by atoms with Crippen LogP contribution in [0.15, 0.2) is 50.4 Å². The highest BCUT2D eigenvalue weighted by atomic mass is 15.0. The number of anilines is 1. The molecule has 3 saturated carbocycles. The molecule has 0 bridgehead atoms. The number of nitrogens with zero attached hydrogens (tertiary/aromatic N) is 3. The largest absolute Gasteiger partial charge is 0.381 e. The molecule has 0 saturated heterocycles. The van der Waals surface area contributed by atoms with Gasteiger partial charge < -0.3 is 5.32 Å². The molecule has 5 nitrogen and oxygen atoms in total. The molecule has 32 heavy (non-hydrogen) atoms. The van der Waals surface area contributed by atoms with Gasteiger partial charge in [0.2, 0.25) is 0 Å². The Balaban J connectivity index is 1.08. The second-order valence-electron chi connectivity index (χ2n) is 10.5. The molecule has 5 aliphatic rings. The van der Waals surface area contributed by atoms with Crippen molar-refractivity contribution >= 4 is 28.8 Å². The number of nitrogens with one attached hydrogen (secondary N) is 2. The van der Waals surface area contributed by atoms with Crippen molar-refractivity contribution in [2.24, 2.45) is 32.2 Å². The molecule has 1 aromatic rings. The van der Waals surface area contributed by atoms with E-state index in [0.717, 1.165) is 67.8 Å². The first kappa shape index (κ1) is 20.1. The summed E-state index contributed by atoms with van der Waals surface area (Å²) in [5.41, 5.74) is 7.94. The number of aliphatic imine (C=N–C) groups is 3. The molecule has 2 N–H and O–H groups in total. The van der Waals surface area contributed by atoms with Gasteiger partial charge in [0.05, 0.1) is 12.3 Å². The molecule has 0 amide bonds. The van der Waals surface area contributed by atoms with Crippen LogP contribution in [0.4, 0.5) is 5.69 Å². The number of amidine groups is 2. The molecule has 0 spiro atoms. The maximum atomic E-state index is 8.21. The van der Waals surface area contributed by atoms with Crippen LogP contribution in [0.2, 0.25) is 0 Å². The predicted octanol–water partition coefficient (Wildman–Crippen LogP) is 5.82. The summed E-state index contributed by atoms with van der Waals surface area (Å²) in [5, 5.41) is 11.9. The van der Waals surface area contributed by atoms with Gasteiger partial charge in [-0.15, -0.1) is 0 Å². The maximum absolute atomic E-state index is 8.21. The fourth-order valence-corrected chi connectivity index (χ4v) is 5.40. The van der Waals surface area contributed by atoms with Crippen molar-refractivity contribution in [1.29, 1.82) is 5.41 Å². The molecular formula is C27H33N5. The molecule has 166 valence electrons. The van der Waals surface area contributed by atoms with E-state index < -0.39 is 0 Å². The molecular weight excluding hydrogens is 394 g/mol. The van der Waals surface area contributed by atoms with Crippen LogP contribution in [0.5, 0.6) is 0 Å². The molecule has 0 aromatic heterocycles. The minimum Gasteiger partial charge on any atom is -0.381 e. The van der Waals surface area contributed by atoms with Gasteiger partial charge in [-0.1, -0.05) is 23.3 Å². The Hall–Kier alpha value is -2.56. The number of rotatable bonds is 9. The standard InChI is InChI=1S/C27H33N5/c1-17(31-25(28)11-18-5-6-18)27-10-9-21(23(27)14-27)15-29-22-4-2-3-20(13-22)24-16-30-26(32-24)12-19-7-8-19/h2-4,13,18-19,28-29H,5-12,14-16H2,1H3. The van der Waals surface area contributed by atoms with E-state index in [9.17, 15) is 0 Å². The van der Waals surface area contributed by atoms with E-state index >= 15 is 0 Å². The Morgan fingerprint density at radius 2 is 2.06 bits per heavy atom. The van der Waals surface area contributed by atoms with Gasteiger partial charge in [-0.25, -0.2) is 9.98 Å². The normalized spacial score (nSPS) is 26.7. The maximum Gasteiger partial charge on any atom is 0.124 e. The van der Waals surface area contributed by atoms with Crippen LogP contribution in [0.1, 0.15) is 70.3 Å². The number of hydrogen-bond acceptors (Lipinski definition) is 4. The van der Waals surface area contributed by atoms with E-state index in [4.69, 9.17) is 15.4 Å². The van der Waals surface area contributed by atoms with Crippen molar-refractivity contribution in [2.75, 3.05) is 18.4 Å². The second kappa shape index (κ2) is 7.79. The van der Waals surface area contributed by atoms with Gasteiger partial charge in [0.1, 0.15) is 11.7 Å². The van der Waals surface area contributed by atoms with Crippen LogP contribution in [0.25, 0.3) is 0 Å². The summed E-state index contributed by atoms with van der Waals surface area (Å²) < 4.78 is 0. The molecule has 1 unspecified atom stereocenters. The van der Waals surface area contributed by atoms with Gasteiger partial charge in [0.15, 0.2) is 0 Å². The Kier molecular flexibility index (Phi) is 4.89. The summed E-state index contributed by atoms with van der Waals surface area (Å²) >= 11 is 0. The van der Waals surface area contributed by atoms with Crippen molar-refractivity contribution in [3.63, 3.8) is 0 Å². The van der Waals surface area contributed by atoms with Gasteiger partial charge in [-0.3, -0.25) is 10.4 Å². The Morgan fingerprint density at radius 3 is 2.84 bits per heavy atom. The van der Waals surface area contributed by atoms with Gasteiger partial charge in [0.25, 0.3) is 0 Å². The van der Waals surface area contributed by atoms with E-state index in [1.165, 1.54) is 43.4 Å². The monoisotopic (exact) mass is 427 g/mol. The smallest absolute Gasteiger partial charge is 0.124 e. The SMILES string of the molecule is CC(=NC(=N)CC1CC1)C12CCC(CNc3cccc(C4=NC(CC5CC5)=NC4)c3)=C1C2. The third-order valence-electron chi connectivity index (χ3n) is 7.93. The molecule has 4 aliphatic carbocycles. The molecule has 1 heterocycles. The van der Waals surface area contributed by atoms with Crippen LogP contribution in [-0.2, 0) is 0 Å². The minimum atomic E-state index is 0.183. The lowest BCUT2D eigenvalue weighted by atomic mass is 9.97. The van der Waals surface area contributed by atoms with E-state index in [1.807, 2.05) is 0 Å². The summed E-state index contributed by atoms with van der Waals surface area (Å²) in [5.74, 6) is 3.20. The molecule has 5 heteroatoms. The molecule has 1 aliphatic heterocycles. The van der Waals surface area contributed by atoms with Crippen molar-refractivity contribution in [3.05, 3.63) is 41.0 Å². The van der Waals surface area contributed by atoms with Crippen LogP contribution in [0.3, 0.4) is 0 Å². The topological polar surface area (TPSA) is 73.0 Å². The Labute approximate surface area is 190 Å². The predicted molar refractivity (Wildman–Crippen MR) is 133 cm³/mol. The van der Waals surface area contributed by atoms with Gasteiger partial charge in [-0.05, 0) is 81.4 Å². The van der Waals surface area contributed by atoms with Gasteiger partial charge in [0, 0.05) is 36.2 Å². The second-order valence-corrected chi connectivity index (χ2v) is 10.5. The van der Waals surface area contributed by atoms with E-state index in [0.29, 0.717) is 5.84 Å². The highest BCUT2D eigenvalue weighted by Crippen LogP contribution is 2.63. The summed E-state index contributed by atoms with van der Waals surface area (Å²) in [6.45, 7) is 3.77. The first-order valence-electron chi connectivity index (χ1n) is 12.4. The summed E-state index contributed by atoms with van der Waals surface area (Å²) in [6, 6.07) is 8.65. The number of hydrogen-bond donors (Lipinski definition) is 2. The Bertz CT molecular complexity index is 1080. The van der Waals surface area contributed by atoms with Gasteiger partial charge >= 0.3 is 0 Å². The van der Waals surface area contributed by atoms with Crippen LogP contribution >= 0.6 is 0 Å². The molecule has 6 rings (SSSR count). The first-order valence-corrected chi connectivity index (χ1v) is 12.4. The van der Waals surface area contributed by atoms with E-state index in [1.54, 1.807) is 11.1 Å². The third-order valence-corrected chi connectivity index (χ3v) is 7.93. The van der Waals surface area contributed by atoms with E-state index in [-0.39, 0.29) is 5.41 Å². The van der Waals surface area contributed by atoms with Crippen molar-refractivity contribution in [2.45, 2.75) is 64.7 Å². The highest BCUT2D eigenvalue weighted by molar-refractivity contribution is 6.13. The van der Waals surface area contributed by atoms with E-state index in [2.05, 4.69) is 41.5 Å². The fraction of sp³-hybridized carbons (Fsp3) is 0.556. The molecule has 1 aromatic carbocycles. The molecule has 1 atom stereocenters. The van der Waals surface area contributed by atoms with Crippen LogP contribution < -0.4 is 5.32 Å². The third kappa shape index (κ3) is 4.10. The van der Waals surface area contributed by atoms with Crippen LogP contribution in [-0.4, -0.2) is 36.2 Å². The molecule has 0 radical (unpaired) electrons. The average Bonchev–Trinajstić information content (AvgIpc) is 3.73. The lowest BCUT2D eigenvalue weighted by Crippen LogP contribution is -2.13. The zero-order chi connectivity index (χ0) is 21.7. The van der Waals surface area contributed by atoms with Gasteiger partial charge in [-0.2, -0.15) is 0 Å². The fourth-order valence-electron chi connectivity index (χ4n) is 5.40. The summed E-state index contributed by atoms with van der Waals surface area (Å²) in [6.07, 6.45) is 10.7. The zero-order valence-electron chi connectivity index (χ0n) is 19.1.